The molecule has 0 atom stereocenters. The van der Waals surface area contributed by atoms with Gasteiger partial charge in [0, 0.05) is 32.1 Å². The first kappa shape index (κ1) is 20.0. The number of piperidine rings is 1. The van der Waals surface area contributed by atoms with Gasteiger partial charge in [-0.2, -0.15) is 0 Å². The maximum atomic E-state index is 12.1. The molecule has 1 amide bonds. The molecule has 0 bridgehead atoms. The van der Waals surface area contributed by atoms with Crippen molar-refractivity contribution in [3.63, 3.8) is 0 Å². The van der Waals surface area contributed by atoms with Gasteiger partial charge in [-0.1, -0.05) is 25.7 Å². The second-order valence-electron chi connectivity index (χ2n) is 7.24. The van der Waals surface area contributed by atoms with E-state index in [0.29, 0.717) is 19.0 Å². The molecule has 0 aromatic carbocycles. The van der Waals surface area contributed by atoms with Crippen molar-refractivity contribution in [3.05, 3.63) is 0 Å². The number of rotatable bonds is 8. The van der Waals surface area contributed by atoms with Crippen LogP contribution in [0.25, 0.3) is 0 Å². The third-order valence-corrected chi connectivity index (χ3v) is 5.09. The standard InChI is InChI=1S/C19H37N5O/c1-2-20-19(22-13-16-24-14-7-4-8-15-24)21-12-11-18(25)23-17-9-5-3-6-10-17/h17H,2-16H2,1H3,(H,23,25)(H2,20,21,22). The molecule has 3 N–H and O–H groups in total. The SMILES string of the molecule is CCNC(=NCCN1CCCCC1)NCCC(=O)NC1CCCCC1. The van der Waals surface area contributed by atoms with Crippen molar-refractivity contribution in [2.45, 2.75) is 70.8 Å². The van der Waals surface area contributed by atoms with Crippen LogP contribution >= 0.6 is 0 Å². The molecule has 0 aromatic rings. The van der Waals surface area contributed by atoms with Gasteiger partial charge in [0.25, 0.3) is 0 Å². The Hall–Kier alpha value is -1.30. The fourth-order valence-corrected chi connectivity index (χ4v) is 3.67. The number of carbonyl (C=O) groups is 1. The predicted octanol–water partition coefficient (Wildman–Crippen LogP) is 1.87. The summed E-state index contributed by atoms with van der Waals surface area (Å²) in [4.78, 5) is 19.2. The van der Waals surface area contributed by atoms with E-state index in [9.17, 15) is 4.79 Å². The minimum atomic E-state index is 0.156. The van der Waals surface area contributed by atoms with Crippen LogP contribution in [0.3, 0.4) is 0 Å². The molecule has 0 aromatic heterocycles. The van der Waals surface area contributed by atoms with Gasteiger partial charge >= 0.3 is 0 Å². The number of aliphatic imine (C=N–C) groups is 1. The Labute approximate surface area is 153 Å². The number of hydrogen-bond donors (Lipinski definition) is 3. The van der Waals surface area contributed by atoms with E-state index < -0.39 is 0 Å². The maximum absolute atomic E-state index is 12.1. The molecule has 0 radical (unpaired) electrons. The second-order valence-corrected chi connectivity index (χ2v) is 7.24. The van der Waals surface area contributed by atoms with E-state index in [0.717, 1.165) is 38.4 Å². The Bertz CT molecular complexity index is 401. The van der Waals surface area contributed by atoms with Gasteiger partial charge in [-0.05, 0) is 45.7 Å². The van der Waals surface area contributed by atoms with Crippen LogP contribution in [0.4, 0.5) is 0 Å². The van der Waals surface area contributed by atoms with Crippen molar-refractivity contribution in [2.75, 3.05) is 39.3 Å². The average molecular weight is 352 g/mol. The van der Waals surface area contributed by atoms with Crippen LogP contribution in [-0.4, -0.2) is 62.1 Å². The van der Waals surface area contributed by atoms with Crippen molar-refractivity contribution in [1.29, 1.82) is 0 Å². The fraction of sp³-hybridized carbons (Fsp3) is 0.895. The van der Waals surface area contributed by atoms with E-state index in [2.05, 4.69) is 32.8 Å². The number of hydrogen-bond acceptors (Lipinski definition) is 3. The monoisotopic (exact) mass is 351 g/mol. The smallest absolute Gasteiger partial charge is 0.221 e. The van der Waals surface area contributed by atoms with Crippen LogP contribution in [0, 0.1) is 0 Å². The number of likely N-dealkylation sites (tertiary alicyclic amines) is 1. The molecule has 1 saturated heterocycles. The summed E-state index contributed by atoms with van der Waals surface area (Å²) >= 11 is 0. The van der Waals surface area contributed by atoms with Gasteiger partial charge in [0.2, 0.25) is 5.91 Å². The molecule has 2 aliphatic rings. The van der Waals surface area contributed by atoms with Crippen LogP contribution in [0.2, 0.25) is 0 Å². The predicted molar refractivity (Wildman–Crippen MR) is 104 cm³/mol. The first-order valence-electron chi connectivity index (χ1n) is 10.3. The van der Waals surface area contributed by atoms with Gasteiger partial charge in [0.1, 0.15) is 0 Å². The second kappa shape index (κ2) is 12.1. The van der Waals surface area contributed by atoms with E-state index in [4.69, 9.17) is 0 Å². The Morgan fingerprint density at radius 1 is 1.04 bits per heavy atom. The minimum absolute atomic E-state index is 0.156. The van der Waals surface area contributed by atoms with Gasteiger partial charge in [0.05, 0.1) is 6.54 Å². The van der Waals surface area contributed by atoms with E-state index in [1.54, 1.807) is 0 Å². The zero-order chi connectivity index (χ0) is 17.7. The highest BCUT2D eigenvalue weighted by Gasteiger charge is 2.15. The molecular formula is C19H37N5O. The third-order valence-electron chi connectivity index (χ3n) is 5.09. The Morgan fingerprint density at radius 3 is 2.48 bits per heavy atom. The molecule has 6 heteroatoms. The molecule has 6 nitrogen and oxygen atoms in total. The van der Waals surface area contributed by atoms with Crippen LogP contribution in [0.15, 0.2) is 4.99 Å². The summed E-state index contributed by atoms with van der Waals surface area (Å²) < 4.78 is 0. The van der Waals surface area contributed by atoms with Gasteiger partial charge < -0.3 is 20.9 Å². The van der Waals surface area contributed by atoms with Crippen molar-refractivity contribution in [3.8, 4) is 0 Å². The molecule has 25 heavy (non-hydrogen) atoms. The highest BCUT2D eigenvalue weighted by atomic mass is 16.1. The van der Waals surface area contributed by atoms with Gasteiger partial charge in [-0.15, -0.1) is 0 Å². The number of guanidine groups is 1. The summed E-state index contributed by atoms with van der Waals surface area (Å²) in [6.45, 7) is 7.79. The van der Waals surface area contributed by atoms with Crippen molar-refractivity contribution in [2.24, 2.45) is 4.99 Å². The van der Waals surface area contributed by atoms with Crippen LogP contribution in [0.1, 0.15) is 64.7 Å². The zero-order valence-electron chi connectivity index (χ0n) is 16.0. The molecular weight excluding hydrogens is 314 g/mol. The molecule has 0 spiro atoms. The Balaban J connectivity index is 1.61. The largest absolute Gasteiger partial charge is 0.357 e. The van der Waals surface area contributed by atoms with E-state index in [-0.39, 0.29) is 5.91 Å². The lowest BCUT2D eigenvalue weighted by atomic mass is 9.95. The molecule has 1 aliphatic heterocycles. The quantitative estimate of drug-likeness (QED) is 0.461. The molecule has 144 valence electrons. The van der Waals surface area contributed by atoms with Crippen molar-refractivity contribution >= 4 is 11.9 Å². The van der Waals surface area contributed by atoms with E-state index in [1.807, 2.05) is 0 Å². The summed E-state index contributed by atoms with van der Waals surface area (Å²) in [5, 5.41) is 9.72. The van der Waals surface area contributed by atoms with Crippen LogP contribution < -0.4 is 16.0 Å². The maximum Gasteiger partial charge on any atom is 0.221 e. The highest BCUT2D eigenvalue weighted by Crippen LogP contribution is 2.17. The number of amides is 1. The first-order valence-corrected chi connectivity index (χ1v) is 10.3. The zero-order valence-corrected chi connectivity index (χ0v) is 16.0. The van der Waals surface area contributed by atoms with Crippen molar-refractivity contribution in [1.82, 2.24) is 20.9 Å². The van der Waals surface area contributed by atoms with Crippen LogP contribution in [-0.2, 0) is 4.79 Å². The summed E-state index contributed by atoms with van der Waals surface area (Å²) in [5.74, 6) is 0.980. The minimum Gasteiger partial charge on any atom is -0.357 e. The average Bonchev–Trinajstić information content (AvgIpc) is 2.63. The molecule has 2 rings (SSSR count). The third kappa shape index (κ3) is 8.56. The lowest BCUT2D eigenvalue weighted by Gasteiger charge is -2.25. The van der Waals surface area contributed by atoms with Gasteiger partial charge in [-0.25, -0.2) is 0 Å². The van der Waals surface area contributed by atoms with E-state index >= 15 is 0 Å². The summed E-state index contributed by atoms with van der Waals surface area (Å²) in [7, 11) is 0. The van der Waals surface area contributed by atoms with Gasteiger partial charge in [0.15, 0.2) is 5.96 Å². The highest BCUT2D eigenvalue weighted by molar-refractivity contribution is 5.81. The number of nitrogens with one attached hydrogen (secondary N) is 3. The molecule has 1 saturated carbocycles. The molecule has 0 unspecified atom stereocenters. The lowest BCUT2D eigenvalue weighted by Crippen LogP contribution is -2.41. The summed E-state index contributed by atoms with van der Waals surface area (Å²) in [6.07, 6.45) is 10.6. The number of carbonyl (C=O) groups excluding carboxylic acids is 1. The molecule has 1 heterocycles. The fourth-order valence-electron chi connectivity index (χ4n) is 3.67. The Kier molecular flexibility index (Phi) is 9.70. The summed E-state index contributed by atoms with van der Waals surface area (Å²) in [5.41, 5.74) is 0. The first-order chi connectivity index (χ1) is 12.3. The van der Waals surface area contributed by atoms with Gasteiger partial charge in [-0.3, -0.25) is 9.79 Å². The number of nitrogens with zero attached hydrogens (tertiary/aromatic N) is 2. The lowest BCUT2D eigenvalue weighted by molar-refractivity contribution is -0.121. The summed E-state index contributed by atoms with van der Waals surface area (Å²) in [6, 6.07) is 0.396. The van der Waals surface area contributed by atoms with Crippen molar-refractivity contribution < 1.29 is 4.79 Å². The van der Waals surface area contributed by atoms with E-state index in [1.165, 1.54) is 51.6 Å². The molecule has 2 fully saturated rings. The Morgan fingerprint density at radius 2 is 1.76 bits per heavy atom. The van der Waals surface area contributed by atoms with Crippen LogP contribution in [0.5, 0.6) is 0 Å². The topological polar surface area (TPSA) is 68.8 Å². The normalized spacial score (nSPS) is 20.3. The molecule has 1 aliphatic carbocycles.